The molecule has 2 heterocycles. The van der Waals surface area contributed by atoms with Crippen LogP contribution in [0.25, 0.3) is 43.8 Å². The van der Waals surface area contributed by atoms with Gasteiger partial charge in [-0.05, 0) is 55.9 Å². The molecule has 2 aromatic heterocycles. The first-order valence-corrected chi connectivity index (χ1v) is 12.1. The number of nitrogens with zero attached hydrogens (tertiary/aromatic N) is 2. The maximum Gasteiger partial charge on any atom is 4.00 e. The summed E-state index contributed by atoms with van der Waals surface area (Å²) in [5.74, 6) is 0. The van der Waals surface area contributed by atoms with Gasteiger partial charge in [0.1, 0.15) is 0 Å². The molecule has 0 atom stereocenters. The van der Waals surface area contributed by atoms with Crippen LogP contribution in [-0.4, -0.2) is 9.13 Å². The van der Waals surface area contributed by atoms with Crippen LogP contribution in [0, 0.1) is 20.8 Å². The average molecular weight is 615 g/mol. The number of aromatic nitrogens is 2. The van der Waals surface area contributed by atoms with Gasteiger partial charge in [-0.15, -0.1) is 82.2 Å². The Hall–Kier alpha value is -2.84. The van der Waals surface area contributed by atoms with Crippen molar-refractivity contribution in [2.75, 3.05) is 0 Å². The van der Waals surface area contributed by atoms with Crippen molar-refractivity contribution >= 4 is 32.4 Å². The molecule has 2 nitrogen and oxygen atoms in total. The third-order valence-corrected chi connectivity index (χ3v) is 6.79. The summed E-state index contributed by atoms with van der Waals surface area (Å²) in [6, 6.07) is 39.0. The van der Waals surface area contributed by atoms with Crippen molar-refractivity contribution in [2.24, 2.45) is 0 Å². The molecule has 188 valence electrons. The number of hydrogen-bond acceptors (Lipinski definition) is 0. The minimum absolute atomic E-state index is 0. The van der Waals surface area contributed by atoms with Gasteiger partial charge >= 0.3 is 26.2 Å². The normalized spacial score (nSPS) is 10.4. The fourth-order valence-corrected chi connectivity index (χ4v) is 5.19. The van der Waals surface area contributed by atoms with Crippen LogP contribution in [0.1, 0.15) is 17.0 Å². The first kappa shape index (κ1) is 29.7. The summed E-state index contributed by atoms with van der Waals surface area (Å²) in [7, 11) is 0. The molecule has 0 unspecified atom stereocenters. The minimum atomic E-state index is 0. The van der Waals surface area contributed by atoms with E-state index < -0.39 is 0 Å². The van der Waals surface area contributed by atoms with E-state index in [0.717, 1.165) is 0 Å². The monoisotopic (exact) mass is 612 g/mol. The van der Waals surface area contributed by atoms with Crippen LogP contribution in [0.5, 0.6) is 0 Å². The zero-order chi connectivity index (χ0) is 23.9. The molecule has 0 aliphatic heterocycles. The molecule has 7 aromatic rings. The molecule has 0 saturated carbocycles. The molecule has 0 bridgehead atoms. The van der Waals surface area contributed by atoms with Crippen LogP contribution in [0.2, 0.25) is 0 Å². The molecular formula is C33H28Cl2N2Zr. The van der Waals surface area contributed by atoms with Crippen LogP contribution in [0.3, 0.4) is 0 Å². The first-order chi connectivity index (χ1) is 17.1. The zero-order valence-corrected chi connectivity index (χ0v) is 25.6. The van der Waals surface area contributed by atoms with Crippen molar-refractivity contribution in [3.05, 3.63) is 132 Å². The van der Waals surface area contributed by atoms with E-state index in [4.69, 9.17) is 0 Å². The topological polar surface area (TPSA) is 9.86 Å². The molecule has 0 aliphatic rings. The SMILES string of the molecule is Cc1cc(C)n(-c2cc3ccccc3[cH-]2)c1.Cc1cc2ccccc2n1-c1cc2ccccc2[cH-]1.[Cl-].[Cl-].[Zr+4]. The molecule has 0 aliphatic carbocycles. The van der Waals surface area contributed by atoms with Gasteiger partial charge in [0.25, 0.3) is 0 Å². The van der Waals surface area contributed by atoms with Crippen molar-refractivity contribution in [3.8, 4) is 11.4 Å². The van der Waals surface area contributed by atoms with Crippen LogP contribution in [0.15, 0.2) is 115 Å². The molecule has 0 saturated heterocycles. The molecule has 0 radical (unpaired) electrons. The minimum Gasteiger partial charge on any atom is -1.00 e. The van der Waals surface area contributed by atoms with Gasteiger partial charge in [0.2, 0.25) is 0 Å². The fourth-order valence-electron chi connectivity index (χ4n) is 5.19. The van der Waals surface area contributed by atoms with Gasteiger partial charge in [-0.1, -0.05) is 30.3 Å². The molecule has 5 heteroatoms. The fraction of sp³-hybridized carbons (Fsp3) is 0.0909. The molecule has 38 heavy (non-hydrogen) atoms. The molecule has 0 spiro atoms. The van der Waals surface area contributed by atoms with Gasteiger partial charge < -0.3 is 33.9 Å². The maximum atomic E-state index is 2.33. The van der Waals surface area contributed by atoms with Gasteiger partial charge in [0.15, 0.2) is 0 Å². The first-order valence-electron chi connectivity index (χ1n) is 12.1. The summed E-state index contributed by atoms with van der Waals surface area (Å²) in [6.07, 6.45) is 2.18. The Balaban J connectivity index is 0.000000198. The number of para-hydroxylation sites is 1. The van der Waals surface area contributed by atoms with Crippen LogP contribution in [0.4, 0.5) is 0 Å². The Bertz CT molecular complexity index is 1730. The number of rotatable bonds is 2. The largest absolute Gasteiger partial charge is 4.00 e. The Morgan fingerprint density at radius 2 is 1.08 bits per heavy atom. The summed E-state index contributed by atoms with van der Waals surface area (Å²) >= 11 is 0. The summed E-state index contributed by atoms with van der Waals surface area (Å²) in [5.41, 5.74) is 7.65. The Kier molecular flexibility index (Phi) is 9.66. The number of fused-ring (bicyclic) bond motifs is 3. The second kappa shape index (κ2) is 12.3. The van der Waals surface area contributed by atoms with Crippen molar-refractivity contribution in [1.82, 2.24) is 9.13 Å². The summed E-state index contributed by atoms with van der Waals surface area (Å²) < 4.78 is 4.57. The zero-order valence-electron chi connectivity index (χ0n) is 21.6. The van der Waals surface area contributed by atoms with Gasteiger partial charge in [0, 0.05) is 23.0 Å². The average Bonchev–Trinajstić information content (AvgIpc) is 3.61. The molecule has 5 aromatic carbocycles. The summed E-state index contributed by atoms with van der Waals surface area (Å²) in [5, 5.41) is 6.51. The Morgan fingerprint density at radius 3 is 1.66 bits per heavy atom. The molecule has 7 rings (SSSR count). The van der Waals surface area contributed by atoms with E-state index in [2.05, 4.69) is 145 Å². The Labute approximate surface area is 255 Å². The number of aryl methyl sites for hydroxylation is 3. The van der Waals surface area contributed by atoms with E-state index in [9.17, 15) is 0 Å². The maximum absolute atomic E-state index is 2.33. The quantitative estimate of drug-likeness (QED) is 0.265. The van der Waals surface area contributed by atoms with Gasteiger partial charge in [0.05, 0.1) is 5.52 Å². The smallest absolute Gasteiger partial charge is 1.00 e. The van der Waals surface area contributed by atoms with Crippen LogP contribution < -0.4 is 24.8 Å². The van der Waals surface area contributed by atoms with Gasteiger partial charge in [-0.25, -0.2) is 0 Å². The summed E-state index contributed by atoms with van der Waals surface area (Å²) in [6.45, 7) is 6.44. The van der Waals surface area contributed by atoms with Crippen LogP contribution in [-0.2, 0) is 26.2 Å². The second-order valence-corrected chi connectivity index (χ2v) is 9.39. The predicted molar refractivity (Wildman–Crippen MR) is 149 cm³/mol. The van der Waals surface area contributed by atoms with E-state index in [-0.39, 0.29) is 51.0 Å². The standard InChI is InChI=1S/C18H14N.C15H14N.2ClH.Zr/c1-13-10-16-8-4-5-9-18(16)19(13)17-11-14-6-2-3-7-15(14)12-17;1-11-7-12(2)16(10-11)15-8-13-5-3-4-6-14(13)9-15;;;/h2-12H,1H3;3-10H,1-2H3;2*1H;/q2*-1;;;+4/p-2. The summed E-state index contributed by atoms with van der Waals surface area (Å²) in [4.78, 5) is 0. The van der Waals surface area contributed by atoms with E-state index in [1.165, 1.54) is 60.8 Å². The number of hydrogen-bond donors (Lipinski definition) is 0. The second-order valence-electron chi connectivity index (χ2n) is 9.39. The Morgan fingerprint density at radius 1 is 0.553 bits per heavy atom. The number of benzene rings is 3. The van der Waals surface area contributed by atoms with Crippen molar-refractivity contribution in [2.45, 2.75) is 20.8 Å². The third kappa shape index (κ3) is 5.62. The van der Waals surface area contributed by atoms with Crippen molar-refractivity contribution < 1.29 is 51.0 Å². The molecule has 0 fully saturated rings. The van der Waals surface area contributed by atoms with E-state index in [0.29, 0.717) is 0 Å². The molecule has 0 amide bonds. The van der Waals surface area contributed by atoms with Gasteiger partial charge in [-0.3, -0.25) is 0 Å². The van der Waals surface area contributed by atoms with E-state index in [1.807, 2.05) is 0 Å². The molecular weight excluding hydrogens is 587 g/mol. The third-order valence-electron chi connectivity index (χ3n) is 6.79. The van der Waals surface area contributed by atoms with Crippen molar-refractivity contribution in [1.29, 1.82) is 0 Å². The van der Waals surface area contributed by atoms with Crippen molar-refractivity contribution in [3.63, 3.8) is 0 Å². The number of halogens is 2. The van der Waals surface area contributed by atoms with Crippen LogP contribution >= 0.6 is 0 Å². The van der Waals surface area contributed by atoms with Gasteiger partial charge in [-0.2, -0.15) is 0 Å². The molecule has 0 N–H and O–H groups in total. The van der Waals surface area contributed by atoms with E-state index in [1.54, 1.807) is 0 Å². The predicted octanol–water partition coefficient (Wildman–Crippen LogP) is 2.78. The van der Waals surface area contributed by atoms with E-state index >= 15 is 0 Å².